The number of hydrogen-bond acceptors (Lipinski definition) is 4. The van der Waals surface area contributed by atoms with Gasteiger partial charge in [-0.05, 0) is 37.3 Å². The molecular formula is C22H33N3O3S. The van der Waals surface area contributed by atoms with Crippen LogP contribution in [0.1, 0.15) is 45.1 Å². The average Bonchev–Trinajstić information content (AvgIpc) is 2.74. The summed E-state index contributed by atoms with van der Waals surface area (Å²) in [4.78, 5) is 14.8. The molecule has 1 amide bonds. The molecule has 3 rings (SSSR count). The topological polar surface area (TPSA) is 69.7 Å². The molecule has 0 bridgehead atoms. The second-order valence-electron chi connectivity index (χ2n) is 8.25. The van der Waals surface area contributed by atoms with E-state index in [-0.39, 0.29) is 18.0 Å². The lowest BCUT2D eigenvalue weighted by molar-refractivity contribution is -0.127. The molecule has 6 nitrogen and oxygen atoms in total. The third-order valence-electron chi connectivity index (χ3n) is 6.23. The van der Waals surface area contributed by atoms with Gasteiger partial charge >= 0.3 is 0 Å². The van der Waals surface area contributed by atoms with Gasteiger partial charge in [0.25, 0.3) is 0 Å². The fourth-order valence-electron chi connectivity index (χ4n) is 4.16. The standard InChI is InChI=1S/C22H33N3O3S/c1-18-8-6-7-11-21(18)23-22(26)19(2)24-13-15-25(16-14-24)29(27,28)17-12-20-9-4-3-5-10-20/h3-5,9-10,12,17-19,21H,6-8,11,13-16H2,1-2H3,(H,23,26)/b17-12+. The number of hydrogen-bond donors (Lipinski definition) is 1. The maximum absolute atomic E-state index is 12.7. The minimum Gasteiger partial charge on any atom is -0.352 e. The Labute approximate surface area is 175 Å². The predicted molar refractivity (Wildman–Crippen MR) is 117 cm³/mol. The van der Waals surface area contributed by atoms with Gasteiger partial charge in [0.2, 0.25) is 15.9 Å². The van der Waals surface area contributed by atoms with Crippen LogP contribution in [0.3, 0.4) is 0 Å². The molecule has 1 aromatic carbocycles. The molecule has 3 atom stereocenters. The van der Waals surface area contributed by atoms with Crippen LogP contribution in [0.15, 0.2) is 35.7 Å². The summed E-state index contributed by atoms with van der Waals surface area (Å²) < 4.78 is 26.7. The fraction of sp³-hybridized carbons (Fsp3) is 0.591. The normalized spacial score (nSPS) is 25.7. The number of amides is 1. The lowest BCUT2D eigenvalue weighted by Gasteiger charge is -2.37. The first-order chi connectivity index (χ1) is 13.9. The van der Waals surface area contributed by atoms with Crippen LogP contribution in [-0.2, 0) is 14.8 Å². The molecule has 1 saturated carbocycles. The van der Waals surface area contributed by atoms with Gasteiger partial charge in [-0.15, -0.1) is 0 Å². The van der Waals surface area contributed by atoms with Crippen molar-refractivity contribution in [2.45, 2.75) is 51.6 Å². The van der Waals surface area contributed by atoms with Gasteiger partial charge in [-0.1, -0.05) is 50.1 Å². The number of nitrogens with one attached hydrogen (secondary N) is 1. The number of rotatable bonds is 6. The summed E-state index contributed by atoms with van der Waals surface area (Å²) in [5.41, 5.74) is 0.858. The minimum absolute atomic E-state index is 0.0593. The Morgan fingerprint density at radius 1 is 1.10 bits per heavy atom. The molecule has 0 radical (unpaired) electrons. The van der Waals surface area contributed by atoms with Crippen molar-refractivity contribution < 1.29 is 13.2 Å². The van der Waals surface area contributed by atoms with Crippen LogP contribution in [0, 0.1) is 5.92 Å². The van der Waals surface area contributed by atoms with E-state index in [2.05, 4.69) is 17.1 Å². The lowest BCUT2D eigenvalue weighted by Crippen LogP contribution is -2.56. The van der Waals surface area contributed by atoms with Crippen molar-refractivity contribution in [2.24, 2.45) is 5.92 Å². The monoisotopic (exact) mass is 419 g/mol. The summed E-state index contributed by atoms with van der Waals surface area (Å²) in [7, 11) is -3.46. The highest BCUT2D eigenvalue weighted by atomic mass is 32.2. The maximum Gasteiger partial charge on any atom is 0.237 e. The van der Waals surface area contributed by atoms with E-state index in [0.717, 1.165) is 12.0 Å². The Morgan fingerprint density at radius 3 is 2.41 bits per heavy atom. The van der Waals surface area contributed by atoms with Gasteiger partial charge in [0.15, 0.2) is 0 Å². The molecule has 160 valence electrons. The molecule has 0 spiro atoms. The highest BCUT2D eigenvalue weighted by molar-refractivity contribution is 7.92. The number of carbonyl (C=O) groups excluding carboxylic acids is 1. The molecule has 1 N–H and O–H groups in total. The summed E-state index contributed by atoms with van der Waals surface area (Å²) in [5.74, 6) is 0.585. The second kappa shape index (κ2) is 9.87. The lowest BCUT2D eigenvalue weighted by atomic mass is 9.86. The third-order valence-corrected chi connectivity index (χ3v) is 7.80. The van der Waals surface area contributed by atoms with Crippen LogP contribution in [-0.4, -0.2) is 61.8 Å². The van der Waals surface area contributed by atoms with E-state index in [4.69, 9.17) is 0 Å². The quantitative estimate of drug-likeness (QED) is 0.770. The molecule has 7 heteroatoms. The van der Waals surface area contributed by atoms with Crippen molar-refractivity contribution in [3.8, 4) is 0 Å². The van der Waals surface area contributed by atoms with Gasteiger partial charge in [0.1, 0.15) is 0 Å². The van der Waals surface area contributed by atoms with E-state index in [0.29, 0.717) is 32.1 Å². The Bertz CT molecular complexity index is 802. The first kappa shape index (κ1) is 22.0. The van der Waals surface area contributed by atoms with Crippen molar-refractivity contribution in [1.29, 1.82) is 0 Å². The van der Waals surface area contributed by atoms with Gasteiger partial charge in [-0.3, -0.25) is 9.69 Å². The number of nitrogens with zero attached hydrogens (tertiary/aromatic N) is 2. The summed E-state index contributed by atoms with van der Waals surface area (Å²) >= 11 is 0. The molecule has 29 heavy (non-hydrogen) atoms. The number of sulfonamides is 1. The highest BCUT2D eigenvalue weighted by Crippen LogP contribution is 2.24. The first-order valence-electron chi connectivity index (χ1n) is 10.6. The molecule has 2 fully saturated rings. The summed E-state index contributed by atoms with van der Waals surface area (Å²) in [6, 6.07) is 9.43. The number of piperazine rings is 1. The average molecular weight is 420 g/mol. The van der Waals surface area contributed by atoms with E-state index in [1.165, 1.54) is 29.0 Å². The Balaban J connectivity index is 1.51. The third kappa shape index (κ3) is 5.90. The fourth-order valence-corrected chi connectivity index (χ4v) is 5.33. The van der Waals surface area contributed by atoms with Gasteiger partial charge in [-0.2, -0.15) is 4.31 Å². The number of benzene rings is 1. The highest BCUT2D eigenvalue weighted by Gasteiger charge is 2.31. The van der Waals surface area contributed by atoms with Crippen LogP contribution < -0.4 is 5.32 Å². The van der Waals surface area contributed by atoms with Crippen molar-refractivity contribution in [3.63, 3.8) is 0 Å². The van der Waals surface area contributed by atoms with Crippen LogP contribution in [0.25, 0.3) is 6.08 Å². The van der Waals surface area contributed by atoms with Crippen molar-refractivity contribution in [3.05, 3.63) is 41.3 Å². The van der Waals surface area contributed by atoms with Crippen molar-refractivity contribution >= 4 is 22.0 Å². The summed E-state index contributed by atoms with van der Waals surface area (Å²) in [6.07, 6.45) is 6.28. The minimum atomic E-state index is -3.46. The summed E-state index contributed by atoms with van der Waals surface area (Å²) in [6.45, 7) is 6.06. The second-order valence-corrected chi connectivity index (χ2v) is 10.1. The smallest absolute Gasteiger partial charge is 0.237 e. The molecule has 2 aliphatic rings. The molecule has 1 aliphatic heterocycles. The molecular weight excluding hydrogens is 386 g/mol. The van der Waals surface area contributed by atoms with Gasteiger partial charge in [0.05, 0.1) is 6.04 Å². The zero-order valence-electron chi connectivity index (χ0n) is 17.5. The SMILES string of the molecule is CC1CCCCC1NC(=O)C(C)N1CCN(S(=O)(=O)/C=C/c2ccccc2)CC1. The molecule has 1 saturated heterocycles. The predicted octanol–water partition coefficient (Wildman–Crippen LogP) is 2.69. The van der Waals surface area contributed by atoms with Crippen LogP contribution in [0.4, 0.5) is 0 Å². The molecule has 0 aromatic heterocycles. The van der Waals surface area contributed by atoms with E-state index in [1.54, 1.807) is 6.08 Å². The first-order valence-corrected chi connectivity index (χ1v) is 12.1. The molecule has 3 unspecified atom stereocenters. The van der Waals surface area contributed by atoms with E-state index in [1.807, 2.05) is 37.3 Å². The van der Waals surface area contributed by atoms with E-state index < -0.39 is 10.0 Å². The molecule has 1 aromatic rings. The van der Waals surface area contributed by atoms with Gasteiger partial charge < -0.3 is 5.32 Å². The van der Waals surface area contributed by atoms with E-state index in [9.17, 15) is 13.2 Å². The largest absolute Gasteiger partial charge is 0.352 e. The Morgan fingerprint density at radius 2 is 1.76 bits per heavy atom. The summed E-state index contributed by atoms with van der Waals surface area (Å²) in [5, 5.41) is 4.50. The maximum atomic E-state index is 12.7. The van der Waals surface area contributed by atoms with Crippen LogP contribution in [0.2, 0.25) is 0 Å². The van der Waals surface area contributed by atoms with Crippen LogP contribution >= 0.6 is 0 Å². The zero-order chi connectivity index (χ0) is 20.9. The molecule has 1 aliphatic carbocycles. The van der Waals surface area contributed by atoms with Gasteiger partial charge in [-0.25, -0.2) is 8.42 Å². The van der Waals surface area contributed by atoms with Crippen LogP contribution in [0.5, 0.6) is 0 Å². The van der Waals surface area contributed by atoms with Crippen molar-refractivity contribution in [2.75, 3.05) is 26.2 Å². The zero-order valence-corrected chi connectivity index (χ0v) is 18.3. The molecule has 1 heterocycles. The van der Waals surface area contributed by atoms with Gasteiger partial charge in [0, 0.05) is 37.6 Å². The van der Waals surface area contributed by atoms with E-state index >= 15 is 0 Å². The number of carbonyl (C=O) groups is 1. The Hall–Kier alpha value is -1.70. The van der Waals surface area contributed by atoms with Crippen molar-refractivity contribution in [1.82, 2.24) is 14.5 Å². The Kier molecular flexibility index (Phi) is 7.49.